The second-order valence-corrected chi connectivity index (χ2v) is 5.34. The molecule has 0 amide bonds. The number of rotatable bonds is 8. The van der Waals surface area contributed by atoms with E-state index >= 15 is 0 Å². The summed E-state index contributed by atoms with van der Waals surface area (Å²) in [4.78, 5) is 12.7. The molecule has 0 fully saturated rings. The van der Waals surface area contributed by atoms with Crippen LogP contribution in [0.3, 0.4) is 0 Å². The fourth-order valence-corrected chi connectivity index (χ4v) is 2.63. The van der Waals surface area contributed by atoms with Crippen LogP contribution in [0.1, 0.15) is 48.8 Å². The smallest absolute Gasteiger partial charge is 0.328 e. The average molecular weight is 252 g/mol. The van der Waals surface area contributed by atoms with Gasteiger partial charge in [-0.15, -0.1) is 11.3 Å². The van der Waals surface area contributed by atoms with Gasteiger partial charge < -0.3 is 5.11 Å². The molecule has 1 aromatic rings. The molecule has 1 N–H and O–H groups in total. The minimum Gasteiger partial charge on any atom is -0.478 e. The van der Waals surface area contributed by atoms with Gasteiger partial charge in [-0.3, -0.25) is 0 Å². The molecular formula is C14H20O2S. The Labute approximate surface area is 107 Å². The Hall–Kier alpha value is -1.09. The minimum atomic E-state index is -0.889. The summed E-state index contributed by atoms with van der Waals surface area (Å²) in [6.45, 7) is 2.22. The Morgan fingerprint density at radius 2 is 2.06 bits per heavy atom. The summed E-state index contributed by atoms with van der Waals surface area (Å²) < 4.78 is 0. The molecule has 1 aromatic heterocycles. The van der Waals surface area contributed by atoms with E-state index in [1.807, 2.05) is 6.07 Å². The molecule has 0 bridgehead atoms. The third kappa shape index (κ3) is 6.27. The maximum absolute atomic E-state index is 10.4. The summed E-state index contributed by atoms with van der Waals surface area (Å²) in [5.41, 5.74) is 0. The minimum absolute atomic E-state index is 0.889. The van der Waals surface area contributed by atoms with E-state index in [9.17, 15) is 4.79 Å². The maximum atomic E-state index is 10.4. The summed E-state index contributed by atoms with van der Waals surface area (Å²) in [7, 11) is 0. The predicted molar refractivity (Wildman–Crippen MR) is 73.5 cm³/mol. The van der Waals surface area contributed by atoms with Crippen molar-refractivity contribution in [2.45, 2.75) is 45.4 Å². The van der Waals surface area contributed by atoms with Crippen molar-refractivity contribution in [3.8, 4) is 0 Å². The summed E-state index contributed by atoms with van der Waals surface area (Å²) in [6, 6.07) is 4.09. The van der Waals surface area contributed by atoms with Gasteiger partial charge in [-0.2, -0.15) is 0 Å². The van der Waals surface area contributed by atoms with Gasteiger partial charge in [-0.25, -0.2) is 4.79 Å². The number of thiophene rings is 1. The quantitative estimate of drug-likeness (QED) is 0.551. The molecule has 94 valence electrons. The van der Waals surface area contributed by atoms with Crippen LogP contribution >= 0.6 is 11.3 Å². The van der Waals surface area contributed by atoms with Crippen LogP contribution in [-0.4, -0.2) is 11.1 Å². The average Bonchev–Trinajstić information content (AvgIpc) is 2.74. The van der Waals surface area contributed by atoms with E-state index in [-0.39, 0.29) is 0 Å². The van der Waals surface area contributed by atoms with E-state index in [1.165, 1.54) is 43.1 Å². The molecule has 1 rings (SSSR count). The Balaban J connectivity index is 2.28. The lowest BCUT2D eigenvalue weighted by Crippen LogP contribution is -1.84. The zero-order valence-electron chi connectivity index (χ0n) is 10.3. The van der Waals surface area contributed by atoms with Gasteiger partial charge in [0.1, 0.15) is 0 Å². The Morgan fingerprint density at radius 1 is 1.29 bits per heavy atom. The molecule has 0 saturated heterocycles. The Kier molecular flexibility index (Phi) is 6.63. The van der Waals surface area contributed by atoms with Crippen LogP contribution in [-0.2, 0) is 11.2 Å². The first-order chi connectivity index (χ1) is 8.22. The van der Waals surface area contributed by atoms with Gasteiger partial charge in [0.2, 0.25) is 0 Å². The molecule has 0 aliphatic rings. The highest BCUT2D eigenvalue weighted by atomic mass is 32.1. The normalized spacial score (nSPS) is 11.1. The highest BCUT2D eigenvalue weighted by Gasteiger charge is 1.98. The van der Waals surface area contributed by atoms with Gasteiger partial charge in [0.25, 0.3) is 0 Å². The molecule has 3 heteroatoms. The Bertz CT molecular complexity index is 366. The van der Waals surface area contributed by atoms with Crippen molar-refractivity contribution >= 4 is 23.4 Å². The van der Waals surface area contributed by atoms with Gasteiger partial charge in [0.15, 0.2) is 0 Å². The number of carbonyl (C=O) groups is 1. The highest BCUT2D eigenvalue weighted by molar-refractivity contribution is 7.12. The standard InChI is InChI=1S/C14H20O2S/c1-2-3-4-5-6-7-12-8-9-13(17-12)10-11-14(15)16/h8-11H,2-7H2,1H3,(H,15,16)/b11-10+. The van der Waals surface area contributed by atoms with E-state index in [0.29, 0.717) is 0 Å². The van der Waals surface area contributed by atoms with E-state index in [1.54, 1.807) is 17.4 Å². The number of unbranched alkanes of at least 4 members (excludes halogenated alkanes) is 4. The van der Waals surface area contributed by atoms with Crippen molar-refractivity contribution in [3.63, 3.8) is 0 Å². The molecule has 1 heterocycles. The zero-order chi connectivity index (χ0) is 12.5. The molecule has 0 aromatic carbocycles. The molecule has 2 nitrogen and oxygen atoms in total. The largest absolute Gasteiger partial charge is 0.478 e. The molecule has 0 unspecified atom stereocenters. The third-order valence-electron chi connectivity index (χ3n) is 2.60. The fourth-order valence-electron chi connectivity index (χ4n) is 1.67. The maximum Gasteiger partial charge on any atom is 0.328 e. The topological polar surface area (TPSA) is 37.3 Å². The van der Waals surface area contributed by atoms with Crippen molar-refractivity contribution in [2.24, 2.45) is 0 Å². The van der Waals surface area contributed by atoms with Crippen LogP contribution in [0, 0.1) is 0 Å². The number of hydrogen-bond acceptors (Lipinski definition) is 2. The molecule has 0 aliphatic heterocycles. The van der Waals surface area contributed by atoms with Crippen LogP contribution in [0.5, 0.6) is 0 Å². The van der Waals surface area contributed by atoms with Crippen LogP contribution in [0.15, 0.2) is 18.2 Å². The second kappa shape index (κ2) is 8.07. The van der Waals surface area contributed by atoms with E-state index in [0.717, 1.165) is 11.3 Å². The molecule has 0 saturated carbocycles. The van der Waals surface area contributed by atoms with Crippen LogP contribution in [0.2, 0.25) is 0 Å². The molecule has 0 aliphatic carbocycles. The molecular weight excluding hydrogens is 232 g/mol. The highest BCUT2D eigenvalue weighted by Crippen LogP contribution is 2.20. The van der Waals surface area contributed by atoms with Gasteiger partial charge in [0.05, 0.1) is 0 Å². The van der Waals surface area contributed by atoms with E-state index < -0.39 is 5.97 Å². The molecule has 0 atom stereocenters. The number of aliphatic carboxylic acids is 1. The first-order valence-electron chi connectivity index (χ1n) is 6.22. The van der Waals surface area contributed by atoms with Crippen LogP contribution in [0.4, 0.5) is 0 Å². The van der Waals surface area contributed by atoms with Crippen molar-refractivity contribution in [2.75, 3.05) is 0 Å². The zero-order valence-corrected chi connectivity index (χ0v) is 11.1. The number of carboxylic acid groups (broad SMARTS) is 1. The van der Waals surface area contributed by atoms with Gasteiger partial charge in [-0.05, 0) is 31.1 Å². The summed E-state index contributed by atoms with van der Waals surface area (Å²) >= 11 is 1.69. The van der Waals surface area contributed by atoms with Crippen molar-refractivity contribution < 1.29 is 9.90 Å². The summed E-state index contributed by atoms with van der Waals surface area (Å²) in [5, 5.41) is 8.52. The first kappa shape index (κ1) is 14.0. The van der Waals surface area contributed by atoms with Gasteiger partial charge in [0, 0.05) is 15.8 Å². The number of carboxylic acids is 1. The summed E-state index contributed by atoms with van der Waals surface area (Å²) in [6.07, 6.45) is 10.4. The molecule has 0 spiro atoms. The first-order valence-corrected chi connectivity index (χ1v) is 7.03. The van der Waals surface area contributed by atoms with Crippen molar-refractivity contribution in [3.05, 3.63) is 28.0 Å². The summed E-state index contributed by atoms with van der Waals surface area (Å²) in [5.74, 6) is -0.889. The van der Waals surface area contributed by atoms with Gasteiger partial charge >= 0.3 is 5.97 Å². The van der Waals surface area contributed by atoms with E-state index in [4.69, 9.17) is 5.11 Å². The molecule has 0 radical (unpaired) electrons. The lowest BCUT2D eigenvalue weighted by molar-refractivity contribution is -0.131. The number of aryl methyl sites for hydroxylation is 1. The van der Waals surface area contributed by atoms with Crippen LogP contribution in [0.25, 0.3) is 6.08 Å². The van der Waals surface area contributed by atoms with E-state index in [2.05, 4.69) is 13.0 Å². The fraction of sp³-hybridized carbons (Fsp3) is 0.500. The SMILES string of the molecule is CCCCCCCc1ccc(/C=C/C(=O)O)s1. The monoisotopic (exact) mass is 252 g/mol. The lowest BCUT2D eigenvalue weighted by atomic mass is 10.1. The predicted octanol–water partition coefficient (Wildman–Crippen LogP) is 4.36. The van der Waals surface area contributed by atoms with Crippen molar-refractivity contribution in [1.82, 2.24) is 0 Å². The third-order valence-corrected chi connectivity index (χ3v) is 3.71. The Morgan fingerprint density at radius 3 is 2.76 bits per heavy atom. The molecule has 17 heavy (non-hydrogen) atoms. The lowest BCUT2D eigenvalue weighted by Gasteiger charge is -1.97. The van der Waals surface area contributed by atoms with Gasteiger partial charge in [-0.1, -0.05) is 32.6 Å². The number of hydrogen-bond donors (Lipinski definition) is 1. The second-order valence-electron chi connectivity index (χ2n) is 4.14. The van der Waals surface area contributed by atoms with Crippen LogP contribution < -0.4 is 0 Å². The van der Waals surface area contributed by atoms with Crippen molar-refractivity contribution in [1.29, 1.82) is 0 Å².